The first-order chi connectivity index (χ1) is 10.1. The molecule has 0 saturated heterocycles. The van der Waals surface area contributed by atoms with Gasteiger partial charge in [0.05, 0.1) is 0 Å². The second-order valence-electron chi connectivity index (χ2n) is 3.53. The van der Waals surface area contributed by atoms with E-state index in [0.29, 0.717) is 18.6 Å². The van der Waals surface area contributed by atoms with Crippen LogP contribution in [0.4, 0.5) is 9.59 Å². The van der Waals surface area contributed by atoms with Gasteiger partial charge in [-0.1, -0.05) is 43.6 Å². The lowest BCUT2D eigenvalue weighted by molar-refractivity contribution is -0.118. The molecule has 0 aliphatic heterocycles. The molecule has 0 heterocycles. The van der Waals surface area contributed by atoms with E-state index in [0.717, 1.165) is 7.28 Å². The molecule has 0 spiro atoms. The SMILES string of the molecule is C.C.C.C.CCC(=O)CC.CNC(=O)[B]C(=O)NC.CNS(=O)(=O)NC. The molecule has 0 aromatic heterocycles. The standard InChI is InChI=1S/C5H10O.C4H8BN2O2.C2H8N2O2S.4CH4/c1-3-5(6)4-2;1-6-3(8)5-4(9)7-2;1-3-7(5,6)4-2;;;;/h3-4H2,1-2H3;1-2H3,(H,6,8)(H,7,9);3-4H,1-2H3;4*1H4. The van der Waals surface area contributed by atoms with E-state index in [1.807, 2.05) is 13.8 Å². The number of hydrogen-bond acceptors (Lipinski definition) is 5. The highest BCUT2D eigenvalue weighted by atomic mass is 32.2. The molecule has 0 atom stereocenters. The van der Waals surface area contributed by atoms with Crippen LogP contribution in [0.5, 0.6) is 0 Å². The summed E-state index contributed by atoms with van der Waals surface area (Å²) in [4.78, 5) is 30.9. The van der Waals surface area contributed by atoms with E-state index < -0.39 is 21.8 Å². The van der Waals surface area contributed by atoms with Crippen molar-refractivity contribution in [3.05, 3.63) is 0 Å². The molecule has 0 aliphatic rings. The van der Waals surface area contributed by atoms with E-state index in [4.69, 9.17) is 0 Å². The van der Waals surface area contributed by atoms with Crippen LogP contribution in [-0.4, -0.2) is 61.3 Å². The summed E-state index contributed by atoms with van der Waals surface area (Å²) in [7, 11) is 3.39. The maximum absolute atomic E-state index is 10.4. The largest absolute Gasteiger partial charge is 0.368 e. The minimum absolute atomic E-state index is 0. The molecule has 0 fully saturated rings. The van der Waals surface area contributed by atoms with E-state index in [-0.39, 0.29) is 29.7 Å². The van der Waals surface area contributed by atoms with Crippen molar-refractivity contribution in [3.8, 4) is 0 Å². The van der Waals surface area contributed by atoms with Gasteiger partial charge < -0.3 is 10.6 Å². The van der Waals surface area contributed by atoms with Crippen LogP contribution in [0.25, 0.3) is 0 Å². The number of amides is 2. The Kier molecular flexibility index (Phi) is 48.2. The monoisotopic (exact) mass is 401 g/mol. The Morgan fingerprint density at radius 1 is 0.731 bits per heavy atom. The van der Waals surface area contributed by atoms with Gasteiger partial charge in [0.25, 0.3) is 10.2 Å². The quantitative estimate of drug-likeness (QED) is 0.505. The van der Waals surface area contributed by atoms with Gasteiger partial charge in [0, 0.05) is 41.0 Å². The summed E-state index contributed by atoms with van der Waals surface area (Å²) >= 11 is 0. The van der Waals surface area contributed by atoms with Crippen LogP contribution >= 0.6 is 0 Å². The Morgan fingerprint density at radius 3 is 1.08 bits per heavy atom. The van der Waals surface area contributed by atoms with Gasteiger partial charge in [0.1, 0.15) is 5.78 Å². The second-order valence-corrected chi connectivity index (χ2v) is 5.35. The van der Waals surface area contributed by atoms with Gasteiger partial charge >= 0.3 is 7.28 Å². The fourth-order valence-electron chi connectivity index (χ4n) is 0.615. The average molecular weight is 401 g/mol. The average Bonchev–Trinajstić information content (AvgIpc) is 2.54. The van der Waals surface area contributed by atoms with Crippen LogP contribution in [0, 0.1) is 0 Å². The maximum atomic E-state index is 10.4. The summed E-state index contributed by atoms with van der Waals surface area (Å²) < 4.78 is 24.4. The van der Waals surface area contributed by atoms with Crippen LogP contribution in [0.3, 0.4) is 0 Å². The summed E-state index contributed by atoms with van der Waals surface area (Å²) in [5.41, 5.74) is 0. The van der Waals surface area contributed by atoms with Crippen molar-refractivity contribution in [1.82, 2.24) is 20.1 Å². The zero-order valence-electron chi connectivity index (χ0n) is 13.9. The molecule has 0 rings (SSSR count). The van der Waals surface area contributed by atoms with Gasteiger partial charge in [-0.15, -0.1) is 0 Å². The molecule has 26 heavy (non-hydrogen) atoms. The number of nitrogens with one attached hydrogen (secondary N) is 4. The molecular weight excluding hydrogens is 359 g/mol. The Morgan fingerprint density at radius 2 is 1.00 bits per heavy atom. The summed E-state index contributed by atoms with van der Waals surface area (Å²) in [5.74, 6) is -0.446. The van der Waals surface area contributed by atoms with Crippen LogP contribution < -0.4 is 20.1 Å². The number of hydrogen-bond donors (Lipinski definition) is 4. The lowest BCUT2D eigenvalue weighted by atomic mass is 9.76. The van der Waals surface area contributed by atoms with Crippen molar-refractivity contribution in [2.45, 2.75) is 56.4 Å². The Balaban J connectivity index is -0.0000000394. The molecule has 0 aliphatic carbocycles. The van der Waals surface area contributed by atoms with E-state index in [1.165, 1.54) is 28.2 Å². The van der Waals surface area contributed by atoms with Crippen molar-refractivity contribution in [2.24, 2.45) is 0 Å². The molecule has 2 amide bonds. The molecular formula is C15H42BN4O5S. The van der Waals surface area contributed by atoms with E-state index >= 15 is 0 Å². The second kappa shape index (κ2) is 28.4. The fourth-order valence-corrected chi connectivity index (χ4v) is 0.820. The van der Waals surface area contributed by atoms with Crippen LogP contribution in [0.15, 0.2) is 0 Å². The van der Waals surface area contributed by atoms with Crippen LogP contribution in [-0.2, 0) is 15.0 Å². The Bertz CT molecular complexity index is 402. The Hall–Kier alpha value is -1.46. The van der Waals surface area contributed by atoms with Gasteiger partial charge in [-0.2, -0.15) is 8.42 Å². The third-order valence-electron chi connectivity index (χ3n) is 2.08. The van der Waals surface area contributed by atoms with Crippen molar-refractivity contribution in [1.29, 1.82) is 0 Å². The van der Waals surface area contributed by atoms with E-state index in [9.17, 15) is 22.8 Å². The van der Waals surface area contributed by atoms with Crippen molar-refractivity contribution < 1.29 is 22.8 Å². The number of ketones is 1. The molecule has 161 valence electrons. The number of carbonyl (C=O) groups is 3. The van der Waals surface area contributed by atoms with Crippen LogP contribution in [0.2, 0.25) is 0 Å². The first-order valence-electron chi connectivity index (χ1n) is 6.55. The number of rotatable bonds is 6. The number of Topliss-reactive ketones (excluding diaryl/α,β-unsaturated/α-hetero) is 1. The summed E-state index contributed by atoms with van der Waals surface area (Å²) in [6.07, 6.45) is 1.38. The molecule has 0 unspecified atom stereocenters. The highest BCUT2D eigenvalue weighted by Gasteiger charge is 2.07. The normalized spacial score (nSPS) is 7.77. The van der Waals surface area contributed by atoms with E-state index in [2.05, 4.69) is 20.1 Å². The highest BCUT2D eigenvalue weighted by molar-refractivity contribution is 7.87. The maximum Gasteiger partial charge on any atom is 0.349 e. The van der Waals surface area contributed by atoms with Crippen molar-refractivity contribution in [3.63, 3.8) is 0 Å². The van der Waals surface area contributed by atoms with Gasteiger partial charge in [-0.05, 0) is 0 Å². The summed E-state index contributed by atoms with van der Waals surface area (Å²) in [6, 6.07) is 0. The van der Waals surface area contributed by atoms with Gasteiger partial charge in [-0.25, -0.2) is 9.44 Å². The topological polar surface area (TPSA) is 133 Å². The van der Waals surface area contributed by atoms with Gasteiger partial charge in [-0.3, -0.25) is 14.4 Å². The zero-order chi connectivity index (χ0) is 18.2. The van der Waals surface area contributed by atoms with Crippen LogP contribution in [0.1, 0.15) is 56.4 Å². The predicted molar refractivity (Wildman–Crippen MR) is 114 cm³/mol. The smallest absolute Gasteiger partial charge is 0.349 e. The fraction of sp³-hybridized carbons (Fsp3) is 0.800. The van der Waals surface area contributed by atoms with Gasteiger partial charge in [0.2, 0.25) is 0 Å². The first-order valence-corrected chi connectivity index (χ1v) is 8.04. The van der Waals surface area contributed by atoms with Crippen molar-refractivity contribution in [2.75, 3.05) is 28.2 Å². The molecule has 0 aromatic rings. The lowest BCUT2D eigenvalue weighted by Crippen LogP contribution is -2.34. The molecule has 0 saturated carbocycles. The minimum Gasteiger partial charge on any atom is -0.368 e. The van der Waals surface area contributed by atoms with Gasteiger partial charge in [0.15, 0.2) is 11.6 Å². The molecule has 4 N–H and O–H groups in total. The van der Waals surface area contributed by atoms with Crippen molar-refractivity contribution >= 4 is 34.9 Å². The molecule has 9 nitrogen and oxygen atoms in total. The number of carbonyl (C=O) groups excluding carboxylic acids is 3. The lowest BCUT2D eigenvalue weighted by Gasteiger charge is -1.94. The Labute approximate surface area is 162 Å². The highest BCUT2D eigenvalue weighted by Crippen LogP contribution is 1.83. The molecule has 11 heteroatoms. The third-order valence-corrected chi connectivity index (χ3v) is 3.16. The third kappa shape index (κ3) is 38.2. The summed E-state index contributed by atoms with van der Waals surface area (Å²) in [6.45, 7) is 3.76. The zero-order valence-corrected chi connectivity index (χ0v) is 14.8. The summed E-state index contributed by atoms with van der Waals surface area (Å²) in [5, 5.41) is 4.55. The molecule has 0 bridgehead atoms. The molecule has 0 aromatic carbocycles. The van der Waals surface area contributed by atoms with E-state index in [1.54, 1.807) is 0 Å². The minimum atomic E-state index is -3.16. The predicted octanol–water partition coefficient (Wildman–Crippen LogP) is 1.96. The molecule has 1 radical (unpaired) electrons. The first kappa shape index (κ1) is 44.2.